The summed E-state index contributed by atoms with van der Waals surface area (Å²) in [6.07, 6.45) is 0.428. The molecule has 1 amide bonds. The van der Waals surface area contributed by atoms with Crippen molar-refractivity contribution in [3.8, 4) is 11.5 Å². The maximum Gasteiger partial charge on any atom is 0.227 e. The third-order valence-corrected chi connectivity index (χ3v) is 5.15. The Balaban J connectivity index is 1.28. The summed E-state index contributed by atoms with van der Waals surface area (Å²) in [6.45, 7) is 4.10. The average molecular weight is 380 g/mol. The molecule has 0 aromatic heterocycles. The molecule has 0 N–H and O–H groups in total. The second-order valence-electron chi connectivity index (χ2n) is 7.10. The zero-order chi connectivity index (χ0) is 19.3. The van der Waals surface area contributed by atoms with Crippen LogP contribution in [0.25, 0.3) is 0 Å². The highest BCUT2D eigenvalue weighted by molar-refractivity contribution is 5.98. The van der Waals surface area contributed by atoms with Crippen LogP contribution in [0.1, 0.15) is 15.9 Å². The van der Waals surface area contributed by atoms with E-state index in [0.717, 1.165) is 5.56 Å². The smallest absolute Gasteiger partial charge is 0.227 e. The van der Waals surface area contributed by atoms with Gasteiger partial charge in [0.25, 0.3) is 0 Å². The predicted octanol–water partition coefficient (Wildman–Crippen LogP) is 2.03. The topological polar surface area (TPSA) is 59.1 Å². The van der Waals surface area contributed by atoms with Gasteiger partial charge in [0.1, 0.15) is 13.2 Å². The van der Waals surface area contributed by atoms with E-state index in [1.165, 1.54) is 0 Å². The first-order valence-corrected chi connectivity index (χ1v) is 9.66. The van der Waals surface area contributed by atoms with Gasteiger partial charge in [-0.05, 0) is 23.8 Å². The summed E-state index contributed by atoms with van der Waals surface area (Å²) in [5.41, 5.74) is 1.66. The number of carbonyl (C=O) groups excluding carboxylic acids is 2. The van der Waals surface area contributed by atoms with Crippen molar-refractivity contribution in [2.75, 3.05) is 45.9 Å². The van der Waals surface area contributed by atoms with Crippen molar-refractivity contribution in [2.45, 2.75) is 6.42 Å². The Morgan fingerprint density at radius 2 is 1.57 bits per heavy atom. The standard InChI is InChI=1S/C22H24N2O4/c25-19(18-6-7-20-21(15-18)28-13-12-27-20)16-23-8-10-24(11-9-23)22(26)14-17-4-2-1-3-5-17/h1-7,15H,8-14,16H2. The molecule has 2 aromatic carbocycles. The van der Waals surface area contributed by atoms with Crippen molar-refractivity contribution >= 4 is 11.7 Å². The molecule has 1 saturated heterocycles. The third kappa shape index (κ3) is 4.34. The summed E-state index contributed by atoms with van der Waals surface area (Å²) in [5.74, 6) is 1.52. The fourth-order valence-electron chi connectivity index (χ4n) is 3.55. The predicted molar refractivity (Wildman–Crippen MR) is 105 cm³/mol. The fraction of sp³-hybridized carbons (Fsp3) is 0.364. The lowest BCUT2D eigenvalue weighted by atomic mass is 10.1. The first kappa shape index (κ1) is 18.5. The number of carbonyl (C=O) groups is 2. The van der Waals surface area contributed by atoms with Crippen LogP contribution in [-0.4, -0.2) is 67.4 Å². The highest BCUT2D eigenvalue weighted by Crippen LogP contribution is 2.30. The lowest BCUT2D eigenvalue weighted by Gasteiger charge is -2.34. The molecule has 0 unspecified atom stereocenters. The van der Waals surface area contributed by atoms with Crippen molar-refractivity contribution in [1.82, 2.24) is 9.80 Å². The van der Waals surface area contributed by atoms with Crippen LogP contribution in [-0.2, 0) is 11.2 Å². The van der Waals surface area contributed by atoms with E-state index in [1.54, 1.807) is 18.2 Å². The van der Waals surface area contributed by atoms with E-state index < -0.39 is 0 Å². The number of rotatable bonds is 5. The van der Waals surface area contributed by atoms with Crippen LogP contribution < -0.4 is 9.47 Å². The van der Waals surface area contributed by atoms with Gasteiger partial charge in [0, 0.05) is 31.7 Å². The van der Waals surface area contributed by atoms with Gasteiger partial charge in [-0.25, -0.2) is 0 Å². The zero-order valence-electron chi connectivity index (χ0n) is 15.8. The monoisotopic (exact) mass is 380 g/mol. The molecule has 28 heavy (non-hydrogen) atoms. The normalized spacial score (nSPS) is 16.6. The maximum atomic E-state index is 12.6. The molecule has 0 aliphatic carbocycles. The average Bonchev–Trinajstić information content (AvgIpc) is 2.74. The molecule has 0 bridgehead atoms. The Kier molecular flexibility index (Phi) is 5.58. The van der Waals surface area contributed by atoms with Crippen molar-refractivity contribution in [1.29, 1.82) is 0 Å². The minimum absolute atomic E-state index is 0.0565. The van der Waals surface area contributed by atoms with E-state index in [1.807, 2.05) is 35.2 Å². The molecule has 1 fully saturated rings. The molecule has 4 rings (SSSR count). The fourth-order valence-corrected chi connectivity index (χ4v) is 3.55. The molecule has 2 aliphatic heterocycles. The number of nitrogens with zero attached hydrogens (tertiary/aromatic N) is 2. The molecule has 6 heteroatoms. The number of hydrogen-bond donors (Lipinski definition) is 0. The van der Waals surface area contributed by atoms with Gasteiger partial charge in [-0.1, -0.05) is 30.3 Å². The van der Waals surface area contributed by atoms with Crippen LogP contribution >= 0.6 is 0 Å². The van der Waals surface area contributed by atoms with E-state index >= 15 is 0 Å². The second kappa shape index (κ2) is 8.44. The largest absolute Gasteiger partial charge is 0.486 e. The summed E-state index contributed by atoms with van der Waals surface area (Å²) < 4.78 is 11.1. The van der Waals surface area contributed by atoms with Crippen molar-refractivity contribution in [2.24, 2.45) is 0 Å². The van der Waals surface area contributed by atoms with E-state index in [9.17, 15) is 9.59 Å². The molecule has 2 aliphatic rings. The van der Waals surface area contributed by atoms with Crippen molar-refractivity contribution in [3.05, 3.63) is 59.7 Å². The molecule has 0 atom stereocenters. The summed E-state index contributed by atoms with van der Waals surface area (Å²) in [6, 6.07) is 15.1. The Bertz CT molecular complexity index is 845. The first-order chi connectivity index (χ1) is 13.7. The van der Waals surface area contributed by atoms with E-state index in [2.05, 4.69) is 4.90 Å². The number of amides is 1. The second-order valence-corrected chi connectivity index (χ2v) is 7.10. The first-order valence-electron chi connectivity index (χ1n) is 9.66. The molecule has 6 nitrogen and oxygen atoms in total. The number of benzene rings is 2. The Morgan fingerprint density at radius 1 is 0.857 bits per heavy atom. The van der Waals surface area contributed by atoms with Gasteiger partial charge in [0.05, 0.1) is 13.0 Å². The van der Waals surface area contributed by atoms with Crippen LogP contribution in [0.15, 0.2) is 48.5 Å². The Morgan fingerprint density at radius 3 is 2.32 bits per heavy atom. The van der Waals surface area contributed by atoms with Gasteiger partial charge in [0.15, 0.2) is 17.3 Å². The number of ketones is 1. The number of hydrogen-bond acceptors (Lipinski definition) is 5. The van der Waals surface area contributed by atoms with Crippen LogP contribution in [0.3, 0.4) is 0 Å². The number of Topliss-reactive ketones (excluding diaryl/α,β-unsaturated/α-hetero) is 1. The van der Waals surface area contributed by atoms with Gasteiger partial charge in [-0.3, -0.25) is 14.5 Å². The highest BCUT2D eigenvalue weighted by atomic mass is 16.6. The maximum absolute atomic E-state index is 12.6. The highest BCUT2D eigenvalue weighted by Gasteiger charge is 2.23. The van der Waals surface area contributed by atoms with Gasteiger partial charge >= 0.3 is 0 Å². The minimum Gasteiger partial charge on any atom is -0.486 e. The molecular formula is C22H24N2O4. The lowest BCUT2D eigenvalue weighted by Crippen LogP contribution is -2.50. The molecule has 0 saturated carbocycles. The zero-order valence-corrected chi connectivity index (χ0v) is 15.8. The van der Waals surface area contributed by atoms with E-state index in [-0.39, 0.29) is 11.7 Å². The Labute approximate surface area is 164 Å². The van der Waals surface area contributed by atoms with E-state index in [0.29, 0.717) is 69.4 Å². The summed E-state index contributed by atoms with van der Waals surface area (Å²) in [5, 5.41) is 0. The van der Waals surface area contributed by atoms with Gasteiger partial charge < -0.3 is 14.4 Å². The number of ether oxygens (including phenoxy) is 2. The van der Waals surface area contributed by atoms with Gasteiger partial charge in [-0.2, -0.15) is 0 Å². The van der Waals surface area contributed by atoms with Crippen LogP contribution in [0, 0.1) is 0 Å². The lowest BCUT2D eigenvalue weighted by molar-refractivity contribution is -0.132. The van der Waals surface area contributed by atoms with Crippen molar-refractivity contribution < 1.29 is 19.1 Å². The van der Waals surface area contributed by atoms with Crippen LogP contribution in [0.4, 0.5) is 0 Å². The molecule has 146 valence electrons. The quantitative estimate of drug-likeness (QED) is 0.743. The summed E-state index contributed by atoms with van der Waals surface area (Å²) in [4.78, 5) is 29.1. The minimum atomic E-state index is 0.0565. The van der Waals surface area contributed by atoms with Crippen LogP contribution in [0.2, 0.25) is 0 Å². The molecular weight excluding hydrogens is 356 g/mol. The van der Waals surface area contributed by atoms with Crippen molar-refractivity contribution in [3.63, 3.8) is 0 Å². The third-order valence-electron chi connectivity index (χ3n) is 5.15. The number of fused-ring (bicyclic) bond motifs is 1. The molecule has 0 spiro atoms. The SMILES string of the molecule is O=C(CN1CCN(C(=O)Cc2ccccc2)CC1)c1ccc2c(c1)OCCO2. The van der Waals surface area contributed by atoms with Gasteiger partial charge in [0.2, 0.25) is 5.91 Å². The summed E-state index contributed by atoms with van der Waals surface area (Å²) in [7, 11) is 0. The van der Waals surface area contributed by atoms with Gasteiger partial charge in [-0.15, -0.1) is 0 Å². The number of piperazine rings is 1. The summed E-state index contributed by atoms with van der Waals surface area (Å²) >= 11 is 0. The molecule has 0 radical (unpaired) electrons. The molecule has 2 heterocycles. The van der Waals surface area contributed by atoms with Crippen LogP contribution in [0.5, 0.6) is 11.5 Å². The molecule has 2 aromatic rings. The Hall–Kier alpha value is -2.86. The van der Waals surface area contributed by atoms with E-state index in [4.69, 9.17) is 9.47 Å².